The number of nitriles is 2. The number of fused-ring (bicyclic) bond motifs is 2. The summed E-state index contributed by atoms with van der Waals surface area (Å²) in [4.78, 5) is 31.2. The van der Waals surface area contributed by atoms with Gasteiger partial charge in [0.05, 0.1) is 50.9 Å². The zero-order valence-corrected chi connectivity index (χ0v) is 59.6. The topological polar surface area (TPSA) is 425 Å². The molecule has 3 aromatic carbocycles. The van der Waals surface area contributed by atoms with Crippen molar-refractivity contribution in [2.24, 2.45) is 5.92 Å². The van der Waals surface area contributed by atoms with Gasteiger partial charge in [0.25, 0.3) is 0 Å². The molecule has 29 nitrogen and oxygen atoms in total. The van der Waals surface area contributed by atoms with Crippen LogP contribution in [0.3, 0.4) is 0 Å². The summed E-state index contributed by atoms with van der Waals surface area (Å²) in [5.74, 6) is -14.1. The third-order valence-electron chi connectivity index (χ3n) is 13.8. The van der Waals surface area contributed by atoms with Gasteiger partial charge in [-0.1, -0.05) is 43.3 Å². The Labute approximate surface area is 597 Å². The van der Waals surface area contributed by atoms with E-state index in [0.29, 0.717) is 11.0 Å². The predicted molar refractivity (Wildman–Crippen MR) is 345 cm³/mol. The number of carbonyl (C=O) groups is 2. The fourth-order valence-electron chi connectivity index (χ4n) is 9.12. The van der Waals surface area contributed by atoms with Gasteiger partial charge in [0.2, 0.25) is 46.0 Å². The summed E-state index contributed by atoms with van der Waals surface area (Å²) < 4.78 is 143. The number of aromatic nitrogens is 6. The van der Waals surface area contributed by atoms with Crippen LogP contribution in [0.1, 0.15) is 58.8 Å². The Balaban J connectivity index is 0.000000364. The second-order valence-electron chi connectivity index (χ2n) is 21.4. The molecule has 10 rings (SSSR count). The molecule has 0 saturated carbocycles. The molecule has 0 amide bonds. The van der Waals surface area contributed by atoms with Gasteiger partial charge in [-0.25, -0.2) is 41.3 Å². The number of anilines is 2. The summed E-state index contributed by atoms with van der Waals surface area (Å²) in [7, 11) is -6.68. The van der Waals surface area contributed by atoms with Crippen LogP contribution in [-0.4, -0.2) is 179 Å². The van der Waals surface area contributed by atoms with Gasteiger partial charge in [0.15, 0.2) is 11.6 Å². The Bertz CT molecular complexity index is 3910. The number of esters is 2. The Morgan fingerprint density at radius 2 is 1.12 bits per heavy atom. The number of methoxy groups -OCH3 is 2. The maximum Gasteiger partial charge on any atom is 2.00 e. The second-order valence-corrected chi connectivity index (χ2v) is 25.0. The number of hydrogen-bond donors (Lipinski definition) is 8. The number of hydrogen-bond acceptors (Lipinski definition) is 26. The van der Waals surface area contributed by atoms with Crippen molar-refractivity contribution in [3.63, 3.8) is 0 Å². The van der Waals surface area contributed by atoms with Gasteiger partial charge < -0.3 is 92.6 Å². The number of benzene rings is 3. The van der Waals surface area contributed by atoms with Gasteiger partial charge in [0.1, 0.15) is 90.0 Å². The van der Waals surface area contributed by atoms with E-state index >= 15 is 0 Å². The van der Waals surface area contributed by atoms with Gasteiger partial charge in [-0.2, -0.15) is 55.4 Å². The number of aliphatic hydroxyl groups excluding tert-OH is 5. The molecular weight excluding hydrogens is 1490 g/mol. The fraction of sp³-hybridized carbons (Fsp3) is 0.407. The SMILES string of the molecule is C1CCOC1.COC(=O)[C@H](C)C[P@](=O)(OC[C@H]1O[C@@](C#N)(c2ccc3c(N)ncnn23)[C@H](O)[C@@H]1O)Oc1ccccc1.COC(=O)[C@H](C)N[P@](=O)(Oc1ccccc1)Oc1c(F)c(F)c(F)c(F)c1F.C[C-](C)C.I.N#C[C@@]1(c2ccc3c(N)ncnn23)O[C@H](CO)[C@@H](O)[C@H]1O.[Cl-].[Mg+2]. The molecule has 3 aliphatic rings. The van der Waals surface area contributed by atoms with Crippen molar-refractivity contribution in [3.8, 4) is 29.4 Å². The monoisotopic (exact) mass is 1560 g/mol. The van der Waals surface area contributed by atoms with E-state index in [1.807, 2.05) is 17.2 Å². The summed E-state index contributed by atoms with van der Waals surface area (Å²) in [5, 5.41) is 80.6. The largest absolute Gasteiger partial charge is 2.00 e. The zero-order valence-electron chi connectivity index (χ0n) is 53.4. The third-order valence-corrected chi connectivity index (χ3v) is 17.4. The summed E-state index contributed by atoms with van der Waals surface area (Å²) >= 11 is 0. The number of carbonyl (C=O) groups excluding carboxylic acids is 2. The van der Waals surface area contributed by atoms with Crippen LogP contribution in [0.15, 0.2) is 97.6 Å². The van der Waals surface area contributed by atoms with Gasteiger partial charge >= 0.3 is 50.3 Å². The molecule has 0 radical (unpaired) electrons. The van der Waals surface area contributed by atoms with Crippen molar-refractivity contribution in [2.75, 3.05) is 58.3 Å². The smallest absolute Gasteiger partial charge is 1.00 e. The number of nitrogens with two attached hydrogens (primary N) is 2. The summed E-state index contributed by atoms with van der Waals surface area (Å²) in [6.07, 6.45) is -4.00. The molecule has 3 saturated heterocycles. The second kappa shape index (κ2) is 38.2. The van der Waals surface area contributed by atoms with Crippen molar-refractivity contribution in [3.05, 3.63) is 144 Å². The van der Waals surface area contributed by atoms with E-state index in [9.17, 15) is 76.7 Å². The minimum absolute atomic E-state index is 0. The van der Waals surface area contributed by atoms with Gasteiger partial charge in [-0.05, 0) is 68.3 Å². The molecule has 7 aromatic rings. The summed E-state index contributed by atoms with van der Waals surface area (Å²) in [6, 6.07) is 23.7. The van der Waals surface area contributed by atoms with Crippen LogP contribution < -0.4 is 42.5 Å². The van der Waals surface area contributed by atoms with Crippen molar-refractivity contribution in [1.82, 2.24) is 34.3 Å². The number of nitrogens with one attached hydrogen (secondary N) is 1. The predicted octanol–water partition coefficient (Wildman–Crippen LogP) is 3.15. The Kier molecular flexibility index (Phi) is 33.4. The zero-order chi connectivity index (χ0) is 70.2. The summed E-state index contributed by atoms with van der Waals surface area (Å²) in [5.41, 5.74) is 8.82. The molecule has 3 fully saturated rings. The first-order valence-corrected chi connectivity index (χ1v) is 31.8. The first kappa shape index (κ1) is 85.5. The number of rotatable bonds is 18. The molecule has 530 valence electrons. The average molecular weight is 1560 g/mol. The standard InChI is InChI=1S/C23H26N5O8P.C16H13F5NO5P.C12H13N5O4.C4H8O.C4H9.ClH.HI.Mg/c1-14(22(31)33-2)11-37(32,36-15-6-4-3-5-7-15)34-10-17-19(29)20(30)23(12-24,35-17)18-9-8-16-21(25)26-13-27-28(16)18;1-8(16(23)25-2)22-28(24,26-9-6-4-3-5-7-9)27-15-13(20)11(18)10(17)12(19)14(15)21;13-4-12(10(20)9(19)7(3-18)21-12)8-2-1-6-11(14)15-5-16-17(6)8;1-2-4-5-3-1;1-4(2)3;;;/h3-9,13-14,17,19-20,29-30H,10-11H2,1-2H3,(H2,25,26,27);3-8H,1-2H3,(H,22,24);1-2,5,7,9-10,18-20H,3H2,(H2,14,15,16);1-4H2;1-3H3;2*1H;/q;;;;-1;;;+2/p-1/t14-,17-,19-,20-,23+,37+;8-,28-;7-,9-,10-,12+;;;;;/m101...../s1. The molecule has 98 heavy (non-hydrogen) atoms. The third kappa shape index (κ3) is 20.3. The molecule has 10 N–H and O–H groups in total. The maximum atomic E-state index is 13.9. The first-order chi connectivity index (χ1) is 45.0. The Morgan fingerprint density at radius 1 is 0.704 bits per heavy atom. The number of nitrogens with zero attached hydrogens (tertiary/aromatic N) is 8. The van der Waals surface area contributed by atoms with Crippen LogP contribution in [0.25, 0.3) is 11.0 Å². The van der Waals surface area contributed by atoms with E-state index in [4.69, 9.17) is 44.0 Å². The molecule has 3 aliphatic heterocycles. The number of ether oxygens (including phenoxy) is 5. The van der Waals surface area contributed by atoms with Gasteiger partial charge in [-0.3, -0.25) is 14.1 Å². The maximum absolute atomic E-state index is 13.9. The number of aliphatic hydroxyl groups is 5. The van der Waals surface area contributed by atoms with E-state index in [-0.39, 0.29) is 100 Å². The molecule has 0 spiro atoms. The van der Waals surface area contributed by atoms with Gasteiger partial charge in [0, 0.05) is 13.2 Å². The molecule has 0 unspecified atom stereocenters. The number of para-hydroxylation sites is 2. The van der Waals surface area contributed by atoms with E-state index in [0.717, 1.165) is 27.2 Å². The van der Waals surface area contributed by atoms with E-state index < -0.39 is 135 Å². The van der Waals surface area contributed by atoms with Crippen LogP contribution in [-0.2, 0) is 58.1 Å². The van der Waals surface area contributed by atoms with Crippen molar-refractivity contribution >= 4 is 97.0 Å². The van der Waals surface area contributed by atoms with E-state index in [1.165, 1.54) is 90.9 Å². The van der Waals surface area contributed by atoms with Crippen LogP contribution in [0.4, 0.5) is 33.6 Å². The first-order valence-electron chi connectivity index (χ1n) is 28.5. The quantitative estimate of drug-likeness (QED) is 0.00894. The van der Waals surface area contributed by atoms with E-state index in [2.05, 4.69) is 50.2 Å². The Hall–Kier alpha value is -6.68. The van der Waals surface area contributed by atoms with Crippen molar-refractivity contribution in [1.29, 1.82) is 10.5 Å². The fourth-order valence-corrected chi connectivity index (χ4v) is 12.5. The molecule has 7 heterocycles. The molecular formula is C59H70ClF5IMgN11O18P2. The van der Waals surface area contributed by atoms with Crippen molar-refractivity contribution < 1.29 is 120 Å². The van der Waals surface area contributed by atoms with Crippen LogP contribution in [0.2, 0.25) is 0 Å². The molecule has 0 aliphatic carbocycles. The molecule has 12 atom stereocenters. The van der Waals surface area contributed by atoms with Crippen LogP contribution >= 0.6 is 39.3 Å². The van der Waals surface area contributed by atoms with Crippen LogP contribution in [0, 0.1) is 63.6 Å². The minimum Gasteiger partial charge on any atom is -1.00 e. The van der Waals surface area contributed by atoms with Crippen LogP contribution in [0.5, 0.6) is 17.2 Å². The number of nitrogen functional groups attached to an aromatic ring is 2. The van der Waals surface area contributed by atoms with Crippen molar-refractivity contribution in [2.45, 2.75) is 101 Å². The minimum atomic E-state index is -4.88. The summed E-state index contributed by atoms with van der Waals surface area (Å²) in [6.45, 7) is 9.85. The normalized spacial score (nSPS) is 22.3. The molecule has 4 aromatic heterocycles. The average Bonchev–Trinajstić information content (AvgIpc) is 1.58. The Morgan fingerprint density at radius 3 is 1.52 bits per heavy atom. The molecule has 39 heteroatoms. The van der Waals surface area contributed by atoms with E-state index in [1.54, 1.807) is 48.5 Å². The number of halogens is 7. The van der Waals surface area contributed by atoms with Gasteiger partial charge in [-0.15, -0.1) is 24.0 Å². The molecule has 0 bridgehead atoms.